The third kappa shape index (κ3) is 5.34. The van der Waals surface area contributed by atoms with Crippen LogP contribution in [0.5, 0.6) is 69.0 Å². The minimum atomic E-state index is -4.21. The zero-order chi connectivity index (χ0) is 32.8. The van der Waals surface area contributed by atoms with E-state index >= 15 is 0 Å². The molecule has 242 valence electrons. The van der Waals surface area contributed by atoms with Gasteiger partial charge in [0, 0.05) is 18.2 Å². The third-order valence-corrected chi connectivity index (χ3v) is 12.3. The summed E-state index contributed by atoms with van der Waals surface area (Å²) in [6, 6.07) is 4.96. The number of hydrogen-bond acceptors (Lipinski definition) is 12. The molecule has 0 amide bonds. The summed E-state index contributed by atoms with van der Waals surface area (Å²) in [5, 5.41) is 1.15. The summed E-state index contributed by atoms with van der Waals surface area (Å²) in [6.45, 7) is 0. The largest absolute Gasteiger partial charge is 0.497 e. The molecule has 0 aromatic heterocycles. The van der Waals surface area contributed by atoms with Crippen LogP contribution in [0.25, 0.3) is 0 Å². The van der Waals surface area contributed by atoms with Crippen molar-refractivity contribution in [3.05, 3.63) is 18.2 Å². The summed E-state index contributed by atoms with van der Waals surface area (Å²) in [5.74, 6) is 3.41. The molecule has 0 heterocycles. The van der Waals surface area contributed by atoms with Crippen molar-refractivity contribution in [3.63, 3.8) is 0 Å². The van der Waals surface area contributed by atoms with Gasteiger partial charge >= 0.3 is 0 Å². The molecule has 0 N–H and O–H groups in total. The van der Waals surface area contributed by atoms with E-state index in [1.807, 2.05) is 0 Å². The molecule has 0 aliphatic carbocycles. The number of halogens is 1. The maximum absolute atomic E-state index is 8.26. The van der Waals surface area contributed by atoms with Crippen molar-refractivity contribution in [2.45, 2.75) is 0 Å². The van der Waals surface area contributed by atoms with Crippen molar-refractivity contribution in [2.24, 2.45) is 0 Å². The summed E-state index contributed by atoms with van der Waals surface area (Å²) >= 11 is 8.26. The van der Waals surface area contributed by atoms with Crippen LogP contribution < -0.4 is 72.4 Å². The van der Waals surface area contributed by atoms with Crippen molar-refractivity contribution >= 4 is 34.0 Å². The quantitative estimate of drug-likeness (QED) is 0.136. The Labute approximate surface area is 263 Å². The smallest absolute Gasteiger partial charge is 0.271 e. The van der Waals surface area contributed by atoms with E-state index in [-0.39, 0.29) is 34.5 Å². The van der Waals surface area contributed by atoms with E-state index in [1.54, 1.807) is 18.2 Å². The minimum absolute atomic E-state index is 0.225. The molecule has 0 saturated carbocycles. The van der Waals surface area contributed by atoms with E-state index < -0.39 is 7.38 Å². The Hall–Kier alpha value is -4.23. The number of methoxy groups -OCH3 is 12. The highest BCUT2D eigenvalue weighted by Crippen LogP contribution is 2.49. The van der Waals surface area contributed by atoms with E-state index in [9.17, 15) is 0 Å². The third-order valence-electron chi connectivity index (χ3n) is 7.07. The Bertz CT molecular complexity index is 1310. The second kappa shape index (κ2) is 14.5. The average Bonchev–Trinajstić information content (AvgIpc) is 3.07. The first kappa shape index (κ1) is 34.3. The maximum Gasteiger partial charge on any atom is 0.271 e. The van der Waals surface area contributed by atoms with Crippen molar-refractivity contribution in [1.29, 1.82) is 0 Å². The Morgan fingerprint density at radius 1 is 0.318 bits per heavy atom. The van der Waals surface area contributed by atoms with Gasteiger partial charge in [0.2, 0.25) is 17.2 Å². The van der Waals surface area contributed by atoms with Crippen molar-refractivity contribution in [2.75, 3.05) is 85.3 Å². The molecule has 0 aliphatic heterocycles. The van der Waals surface area contributed by atoms with Crippen molar-refractivity contribution in [1.82, 2.24) is 0 Å². The zero-order valence-corrected chi connectivity index (χ0v) is 28.8. The van der Waals surface area contributed by atoms with Gasteiger partial charge in [-0.05, 0) is 0 Å². The summed E-state index contributed by atoms with van der Waals surface area (Å²) in [7, 11) is 13.7. The van der Waals surface area contributed by atoms with Gasteiger partial charge in [0.15, 0.2) is 34.5 Å². The standard InChI is InChI=1S/C30H39ClO12Si/c1-32-16-13-19(35-4)28(25(41-10)22(16)38-7)44(31,29-20(36-5)14-17(33-2)23(39-8)26(29)42-11)30-21(37-6)15-18(34-3)24(40-9)27(30)43-12/h13-15H,1-12H3. The minimum Gasteiger partial charge on any atom is -0.497 e. The molecule has 0 fully saturated rings. The Morgan fingerprint density at radius 2 is 0.523 bits per heavy atom. The molecule has 0 atom stereocenters. The first-order chi connectivity index (χ1) is 21.2. The van der Waals surface area contributed by atoms with Crippen LogP contribution in [0.4, 0.5) is 0 Å². The number of rotatable bonds is 15. The van der Waals surface area contributed by atoms with Crippen LogP contribution in [0.15, 0.2) is 18.2 Å². The van der Waals surface area contributed by atoms with Crippen molar-refractivity contribution in [3.8, 4) is 69.0 Å². The van der Waals surface area contributed by atoms with Crippen molar-refractivity contribution < 1.29 is 56.8 Å². The van der Waals surface area contributed by atoms with Gasteiger partial charge < -0.3 is 56.8 Å². The van der Waals surface area contributed by atoms with Gasteiger partial charge in [-0.2, -0.15) is 0 Å². The lowest BCUT2D eigenvalue weighted by atomic mass is 10.2. The maximum atomic E-state index is 8.26. The van der Waals surface area contributed by atoms with Gasteiger partial charge in [-0.1, -0.05) is 0 Å². The van der Waals surface area contributed by atoms with Crippen LogP contribution in [0, 0.1) is 0 Å². The van der Waals surface area contributed by atoms with Crippen LogP contribution >= 0.6 is 11.1 Å². The second-order valence-electron chi connectivity index (χ2n) is 8.83. The highest BCUT2D eigenvalue weighted by molar-refractivity contribution is 7.42. The molecule has 0 aliphatic rings. The molecule has 3 rings (SSSR count). The predicted molar refractivity (Wildman–Crippen MR) is 168 cm³/mol. The van der Waals surface area contributed by atoms with E-state index in [1.165, 1.54) is 85.3 Å². The normalized spacial score (nSPS) is 10.8. The molecule has 0 spiro atoms. The molecule has 3 aromatic carbocycles. The highest BCUT2D eigenvalue weighted by atomic mass is 35.6. The van der Waals surface area contributed by atoms with Crippen LogP contribution in [-0.2, 0) is 0 Å². The van der Waals surface area contributed by atoms with Gasteiger partial charge in [-0.3, -0.25) is 0 Å². The summed E-state index contributed by atoms with van der Waals surface area (Å²) < 4.78 is 70.3. The fourth-order valence-corrected chi connectivity index (χ4v) is 10.7. The molecular weight excluding hydrogens is 616 g/mol. The molecule has 14 heteroatoms. The topological polar surface area (TPSA) is 111 Å². The highest BCUT2D eigenvalue weighted by Gasteiger charge is 2.54. The molecule has 44 heavy (non-hydrogen) atoms. The lowest BCUT2D eigenvalue weighted by Gasteiger charge is -2.35. The number of benzene rings is 3. The Morgan fingerprint density at radius 3 is 0.682 bits per heavy atom. The van der Waals surface area contributed by atoms with Crippen LogP contribution in [0.2, 0.25) is 0 Å². The monoisotopic (exact) mass is 654 g/mol. The van der Waals surface area contributed by atoms with E-state index in [2.05, 4.69) is 0 Å². The zero-order valence-electron chi connectivity index (χ0n) is 27.0. The van der Waals surface area contributed by atoms with E-state index in [4.69, 9.17) is 67.9 Å². The second-order valence-corrected chi connectivity index (χ2v) is 13.3. The average molecular weight is 655 g/mol. The molecule has 0 bridgehead atoms. The lowest BCUT2D eigenvalue weighted by Crippen LogP contribution is -2.64. The predicted octanol–water partition coefficient (Wildman–Crippen LogP) is 3.00. The molecule has 0 unspecified atom stereocenters. The molecule has 0 saturated heterocycles. The molecular formula is C30H39ClO12Si. The Balaban J connectivity index is 2.88. The van der Waals surface area contributed by atoms with Crippen LogP contribution in [0.1, 0.15) is 0 Å². The Kier molecular flexibility index (Phi) is 11.3. The fraction of sp³-hybridized carbons (Fsp3) is 0.400. The van der Waals surface area contributed by atoms with Gasteiger partial charge in [-0.25, -0.2) is 0 Å². The fourth-order valence-electron chi connectivity index (χ4n) is 5.24. The van der Waals surface area contributed by atoms with Crippen LogP contribution in [0.3, 0.4) is 0 Å². The molecule has 0 radical (unpaired) electrons. The van der Waals surface area contributed by atoms with Gasteiger partial charge in [0.25, 0.3) is 7.38 Å². The molecule has 3 aromatic rings. The van der Waals surface area contributed by atoms with E-state index in [0.29, 0.717) is 50.1 Å². The number of hydrogen-bond donors (Lipinski definition) is 0. The van der Waals surface area contributed by atoms with E-state index in [0.717, 1.165) is 0 Å². The van der Waals surface area contributed by atoms with Gasteiger partial charge in [0.05, 0.1) is 101 Å². The lowest BCUT2D eigenvalue weighted by molar-refractivity contribution is 0.319. The summed E-state index contributed by atoms with van der Waals surface area (Å²) in [4.78, 5) is 0. The number of ether oxygens (including phenoxy) is 12. The van der Waals surface area contributed by atoms with Gasteiger partial charge in [0.1, 0.15) is 17.2 Å². The van der Waals surface area contributed by atoms with Crippen LogP contribution in [-0.4, -0.2) is 92.7 Å². The first-order valence-corrected chi connectivity index (χ1v) is 16.0. The summed E-state index contributed by atoms with van der Waals surface area (Å²) in [6.07, 6.45) is 0. The molecule has 12 nitrogen and oxygen atoms in total. The first-order valence-electron chi connectivity index (χ1n) is 13.0. The summed E-state index contributed by atoms with van der Waals surface area (Å²) in [5.41, 5.74) is 0. The SMILES string of the molecule is COc1cc(OC)c([Si](Cl)(c2c(OC)cc(OC)c(OC)c2OC)c2c(OC)cc(OC)c(OC)c2OC)c(OC)c1OC. The van der Waals surface area contributed by atoms with Gasteiger partial charge in [-0.15, -0.1) is 11.1 Å².